The van der Waals surface area contributed by atoms with Gasteiger partial charge in [-0.05, 0) is 44.0 Å². The molecule has 1 unspecified atom stereocenters. The average molecular weight is 407 g/mol. The molecule has 0 bridgehead atoms. The van der Waals surface area contributed by atoms with E-state index in [4.69, 9.17) is 21.7 Å². The van der Waals surface area contributed by atoms with Crippen LogP contribution in [0.1, 0.15) is 77.2 Å². The largest absolute Gasteiger partial charge is 0.493 e. The molecule has 28 heavy (non-hydrogen) atoms. The fraction of sp³-hybridized carbons (Fsp3) is 0.696. The highest BCUT2D eigenvalue weighted by molar-refractivity contribution is 7.80. The van der Waals surface area contributed by atoms with Gasteiger partial charge in [0.05, 0.1) is 14.2 Å². The molecule has 2 rings (SSSR count). The van der Waals surface area contributed by atoms with Gasteiger partial charge in [0.15, 0.2) is 16.6 Å². The quantitative estimate of drug-likeness (QED) is 0.377. The van der Waals surface area contributed by atoms with E-state index in [1.807, 2.05) is 12.1 Å². The minimum Gasteiger partial charge on any atom is -0.493 e. The highest BCUT2D eigenvalue weighted by Gasteiger charge is 2.27. The molecule has 0 aliphatic heterocycles. The minimum absolute atomic E-state index is 0.454. The van der Waals surface area contributed by atoms with E-state index < -0.39 is 0 Å². The third-order valence-electron chi connectivity index (χ3n) is 5.83. The van der Waals surface area contributed by atoms with E-state index in [2.05, 4.69) is 30.1 Å². The Kier molecular flexibility index (Phi) is 9.89. The smallest absolute Gasteiger partial charge is 0.169 e. The van der Waals surface area contributed by atoms with Crippen molar-refractivity contribution in [3.05, 3.63) is 23.8 Å². The number of para-hydroxylation sites is 1. The predicted octanol–water partition coefficient (Wildman–Crippen LogP) is 5.68. The molecule has 1 fully saturated rings. The van der Waals surface area contributed by atoms with Gasteiger partial charge in [-0.3, -0.25) is 0 Å². The van der Waals surface area contributed by atoms with Gasteiger partial charge in [0.1, 0.15) is 0 Å². The molecule has 4 nitrogen and oxygen atoms in total. The number of benzene rings is 1. The Morgan fingerprint density at radius 3 is 2.54 bits per heavy atom. The molecular formula is C23H38N2O2S. The molecule has 0 aromatic heterocycles. The summed E-state index contributed by atoms with van der Waals surface area (Å²) in [6, 6.07) is 7.04. The first-order valence-corrected chi connectivity index (χ1v) is 11.3. The van der Waals surface area contributed by atoms with E-state index in [1.54, 1.807) is 14.2 Å². The van der Waals surface area contributed by atoms with Gasteiger partial charge in [0.2, 0.25) is 0 Å². The second-order valence-electron chi connectivity index (χ2n) is 7.77. The normalized spacial score (nSPS) is 15.3. The third kappa shape index (κ3) is 6.26. The summed E-state index contributed by atoms with van der Waals surface area (Å²) in [5, 5.41) is 4.56. The molecule has 0 heterocycles. The van der Waals surface area contributed by atoms with Crippen LogP contribution in [0.25, 0.3) is 0 Å². The number of thiocarbonyl (C=S) groups is 1. The SMILES string of the molecule is CCCCCC(CC)NC(=S)N(Cc1cccc(OC)c1OC)C1CCCC1. The Morgan fingerprint density at radius 1 is 1.18 bits per heavy atom. The van der Waals surface area contributed by atoms with Crippen LogP contribution in [0.5, 0.6) is 11.5 Å². The van der Waals surface area contributed by atoms with Crippen LogP contribution < -0.4 is 14.8 Å². The Balaban J connectivity index is 2.15. The monoisotopic (exact) mass is 406 g/mol. The van der Waals surface area contributed by atoms with E-state index >= 15 is 0 Å². The number of nitrogens with one attached hydrogen (secondary N) is 1. The topological polar surface area (TPSA) is 33.7 Å². The highest BCUT2D eigenvalue weighted by atomic mass is 32.1. The lowest BCUT2D eigenvalue weighted by molar-refractivity contribution is 0.288. The molecule has 0 saturated heterocycles. The van der Waals surface area contributed by atoms with Gasteiger partial charge in [-0.15, -0.1) is 0 Å². The summed E-state index contributed by atoms with van der Waals surface area (Å²) >= 11 is 5.92. The van der Waals surface area contributed by atoms with Crippen molar-refractivity contribution in [1.82, 2.24) is 10.2 Å². The van der Waals surface area contributed by atoms with E-state index in [0.29, 0.717) is 12.1 Å². The lowest BCUT2D eigenvalue weighted by Gasteiger charge is -2.34. The predicted molar refractivity (Wildman–Crippen MR) is 121 cm³/mol. The molecular weight excluding hydrogens is 368 g/mol. The van der Waals surface area contributed by atoms with Crippen LogP contribution in [0.15, 0.2) is 18.2 Å². The fourth-order valence-electron chi connectivity index (χ4n) is 4.12. The Hall–Kier alpha value is -1.49. The van der Waals surface area contributed by atoms with E-state index in [-0.39, 0.29) is 0 Å². The van der Waals surface area contributed by atoms with Crippen molar-refractivity contribution in [2.24, 2.45) is 0 Å². The zero-order chi connectivity index (χ0) is 20.4. The molecule has 0 amide bonds. The average Bonchev–Trinajstić information content (AvgIpc) is 3.25. The maximum atomic E-state index is 5.92. The molecule has 1 atom stereocenters. The lowest BCUT2D eigenvalue weighted by atomic mass is 10.1. The van der Waals surface area contributed by atoms with Gasteiger partial charge >= 0.3 is 0 Å². The highest BCUT2D eigenvalue weighted by Crippen LogP contribution is 2.33. The first-order chi connectivity index (χ1) is 13.6. The van der Waals surface area contributed by atoms with Gasteiger partial charge in [-0.2, -0.15) is 0 Å². The summed E-state index contributed by atoms with van der Waals surface area (Å²) in [5.74, 6) is 1.59. The maximum Gasteiger partial charge on any atom is 0.169 e. The summed E-state index contributed by atoms with van der Waals surface area (Å²) in [6.07, 6.45) is 11.1. The molecule has 158 valence electrons. The number of ether oxygens (including phenoxy) is 2. The van der Waals surface area contributed by atoms with Crippen molar-refractivity contribution in [2.75, 3.05) is 14.2 Å². The molecule has 5 heteroatoms. The van der Waals surface area contributed by atoms with Crippen molar-refractivity contribution in [2.45, 2.75) is 90.3 Å². The fourth-order valence-corrected chi connectivity index (χ4v) is 4.50. The number of methoxy groups -OCH3 is 2. The summed E-state index contributed by atoms with van der Waals surface area (Å²) in [5.41, 5.74) is 1.12. The zero-order valence-electron chi connectivity index (χ0n) is 18.1. The zero-order valence-corrected chi connectivity index (χ0v) is 18.9. The molecule has 0 spiro atoms. The van der Waals surface area contributed by atoms with Crippen LogP contribution in [0.4, 0.5) is 0 Å². The van der Waals surface area contributed by atoms with Crippen LogP contribution in [0.2, 0.25) is 0 Å². The van der Waals surface area contributed by atoms with Crippen LogP contribution >= 0.6 is 12.2 Å². The van der Waals surface area contributed by atoms with Crippen LogP contribution in [0, 0.1) is 0 Å². The van der Waals surface area contributed by atoms with Gasteiger partial charge in [-0.25, -0.2) is 0 Å². The number of nitrogens with zero attached hydrogens (tertiary/aromatic N) is 1. The minimum atomic E-state index is 0.454. The van der Waals surface area contributed by atoms with E-state index in [1.165, 1.54) is 51.4 Å². The summed E-state index contributed by atoms with van der Waals surface area (Å²) in [7, 11) is 3.39. The Bertz CT molecular complexity index is 602. The number of hydrogen-bond acceptors (Lipinski definition) is 3. The molecule has 0 radical (unpaired) electrons. The van der Waals surface area contributed by atoms with Crippen molar-refractivity contribution >= 4 is 17.3 Å². The molecule has 1 aliphatic rings. The summed E-state index contributed by atoms with van der Waals surface area (Å²) in [6.45, 7) is 5.25. The van der Waals surface area contributed by atoms with Crippen molar-refractivity contribution < 1.29 is 9.47 Å². The van der Waals surface area contributed by atoms with E-state index in [9.17, 15) is 0 Å². The van der Waals surface area contributed by atoms with Crippen molar-refractivity contribution in [1.29, 1.82) is 0 Å². The van der Waals surface area contributed by atoms with Crippen LogP contribution in [0.3, 0.4) is 0 Å². The second-order valence-corrected chi connectivity index (χ2v) is 8.16. The van der Waals surface area contributed by atoms with Gasteiger partial charge < -0.3 is 19.7 Å². The van der Waals surface area contributed by atoms with Crippen molar-refractivity contribution in [3.8, 4) is 11.5 Å². The molecule has 1 aliphatic carbocycles. The summed E-state index contributed by atoms with van der Waals surface area (Å²) in [4.78, 5) is 2.39. The first kappa shape index (κ1) is 22.8. The van der Waals surface area contributed by atoms with E-state index in [0.717, 1.165) is 35.1 Å². The number of unbranched alkanes of at least 4 members (excludes halogenated alkanes) is 2. The molecule has 1 N–H and O–H groups in total. The second kappa shape index (κ2) is 12.2. The molecule has 1 aromatic carbocycles. The summed E-state index contributed by atoms with van der Waals surface area (Å²) < 4.78 is 11.2. The van der Waals surface area contributed by atoms with Gasteiger partial charge in [0.25, 0.3) is 0 Å². The molecule has 1 aromatic rings. The Labute approximate surface area is 177 Å². The third-order valence-corrected chi connectivity index (χ3v) is 6.18. The van der Waals surface area contributed by atoms with Crippen LogP contribution in [-0.4, -0.2) is 36.3 Å². The standard InChI is InChI=1S/C23H38N2O2S/c1-5-7-8-13-19(6-2)24-23(28)25(20-14-9-10-15-20)17-18-12-11-16-21(26-3)22(18)27-4/h11-12,16,19-20H,5-10,13-15,17H2,1-4H3,(H,24,28). The first-order valence-electron chi connectivity index (χ1n) is 10.9. The molecule has 1 saturated carbocycles. The lowest BCUT2D eigenvalue weighted by Crippen LogP contribution is -2.48. The van der Waals surface area contributed by atoms with Gasteiger partial charge in [-0.1, -0.05) is 58.1 Å². The number of hydrogen-bond donors (Lipinski definition) is 1. The van der Waals surface area contributed by atoms with Crippen LogP contribution in [-0.2, 0) is 6.54 Å². The van der Waals surface area contributed by atoms with Gasteiger partial charge in [0, 0.05) is 24.2 Å². The number of rotatable bonds is 11. The Morgan fingerprint density at radius 2 is 1.93 bits per heavy atom. The van der Waals surface area contributed by atoms with Crippen molar-refractivity contribution in [3.63, 3.8) is 0 Å². The maximum absolute atomic E-state index is 5.92.